The Morgan fingerprint density at radius 2 is 2.04 bits per heavy atom. The number of aromatic nitrogens is 1. The quantitative estimate of drug-likeness (QED) is 0.563. The molecular formula is C19H16FNO4. The summed E-state index contributed by atoms with van der Waals surface area (Å²) in [6.07, 6.45) is 0.682. The summed E-state index contributed by atoms with van der Waals surface area (Å²) in [5.74, 6) is -0.506. The topological polar surface area (TPSA) is 68.4 Å². The minimum atomic E-state index is -0.575. The molecule has 2 aromatic carbocycles. The van der Waals surface area contributed by atoms with Crippen molar-refractivity contribution >= 4 is 23.2 Å². The fourth-order valence-electron chi connectivity index (χ4n) is 2.78. The predicted octanol–water partition coefficient (Wildman–Crippen LogP) is 3.97. The first-order valence-electron chi connectivity index (χ1n) is 7.71. The van der Waals surface area contributed by atoms with E-state index >= 15 is 0 Å². The molecule has 0 saturated carbocycles. The Hall–Kier alpha value is -3.15. The zero-order chi connectivity index (χ0) is 18.0. The number of nitrogens with one attached hydrogen (secondary N) is 1. The van der Waals surface area contributed by atoms with E-state index in [9.17, 15) is 14.0 Å². The van der Waals surface area contributed by atoms with Crippen molar-refractivity contribution in [2.45, 2.75) is 6.92 Å². The molecule has 1 N–H and O–H groups in total. The smallest absolute Gasteiger partial charge is 0.355 e. The SMILES string of the molecule is CCOC(=O)c1[nH]c2ccc(F)cc2c1-c1cc(OC)ccc1C=O. The average molecular weight is 341 g/mol. The highest BCUT2D eigenvalue weighted by Gasteiger charge is 2.23. The highest BCUT2D eigenvalue weighted by atomic mass is 19.1. The second-order valence-electron chi connectivity index (χ2n) is 5.36. The van der Waals surface area contributed by atoms with Crippen LogP contribution in [0.5, 0.6) is 5.75 Å². The number of rotatable bonds is 5. The molecule has 3 rings (SSSR count). The molecule has 0 atom stereocenters. The molecular weight excluding hydrogens is 325 g/mol. The van der Waals surface area contributed by atoms with Crippen molar-refractivity contribution in [2.24, 2.45) is 0 Å². The molecule has 0 aliphatic heterocycles. The van der Waals surface area contributed by atoms with Gasteiger partial charge in [-0.2, -0.15) is 0 Å². The Bertz CT molecular complexity index is 961. The lowest BCUT2D eigenvalue weighted by atomic mass is 9.97. The van der Waals surface area contributed by atoms with E-state index in [1.54, 1.807) is 25.1 Å². The van der Waals surface area contributed by atoms with Gasteiger partial charge in [0.2, 0.25) is 0 Å². The van der Waals surface area contributed by atoms with E-state index in [1.165, 1.54) is 25.3 Å². The van der Waals surface area contributed by atoms with E-state index in [0.717, 1.165) is 0 Å². The zero-order valence-electron chi connectivity index (χ0n) is 13.8. The van der Waals surface area contributed by atoms with Crippen molar-refractivity contribution in [1.29, 1.82) is 0 Å². The Kier molecular flexibility index (Phi) is 4.52. The van der Waals surface area contributed by atoms with Gasteiger partial charge in [0.15, 0.2) is 6.29 Å². The normalized spacial score (nSPS) is 10.7. The zero-order valence-corrected chi connectivity index (χ0v) is 13.8. The van der Waals surface area contributed by atoms with Gasteiger partial charge in [0.25, 0.3) is 0 Å². The van der Waals surface area contributed by atoms with Crippen molar-refractivity contribution in [3.05, 3.63) is 53.5 Å². The molecule has 25 heavy (non-hydrogen) atoms. The van der Waals surface area contributed by atoms with Crippen molar-refractivity contribution in [3.63, 3.8) is 0 Å². The number of carbonyl (C=O) groups is 2. The number of hydrogen-bond acceptors (Lipinski definition) is 4. The molecule has 0 saturated heterocycles. The van der Waals surface area contributed by atoms with Crippen LogP contribution in [0.25, 0.3) is 22.0 Å². The lowest BCUT2D eigenvalue weighted by Crippen LogP contribution is -2.07. The van der Waals surface area contributed by atoms with Gasteiger partial charge in [-0.15, -0.1) is 0 Å². The molecule has 0 fully saturated rings. The minimum Gasteiger partial charge on any atom is -0.497 e. The molecule has 3 aromatic rings. The number of methoxy groups -OCH3 is 1. The van der Waals surface area contributed by atoms with Crippen LogP contribution in [0.3, 0.4) is 0 Å². The Morgan fingerprint density at radius 1 is 1.24 bits per heavy atom. The Morgan fingerprint density at radius 3 is 2.72 bits per heavy atom. The molecule has 1 aromatic heterocycles. The first-order valence-corrected chi connectivity index (χ1v) is 7.71. The van der Waals surface area contributed by atoms with Crippen molar-refractivity contribution < 1.29 is 23.5 Å². The number of ether oxygens (including phenoxy) is 2. The molecule has 0 bridgehead atoms. The Labute approximate surface area is 143 Å². The van der Waals surface area contributed by atoms with Crippen LogP contribution in [0.4, 0.5) is 4.39 Å². The van der Waals surface area contributed by atoms with Crippen molar-refractivity contribution in [2.75, 3.05) is 13.7 Å². The summed E-state index contributed by atoms with van der Waals surface area (Å²) in [5, 5.41) is 0.486. The highest BCUT2D eigenvalue weighted by molar-refractivity contribution is 6.10. The number of benzene rings is 2. The van der Waals surface area contributed by atoms with Gasteiger partial charge in [-0.05, 0) is 48.9 Å². The maximum atomic E-state index is 13.8. The van der Waals surface area contributed by atoms with E-state index in [4.69, 9.17) is 9.47 Å². The van der Waals surface area contributed by atoms with Crippen LogP contribution in [0, 0.1) is 5.82 Å². The van der Waals surface area contributed by atoms with Crippen molar-refractivity contribution in [1.82, 2.24) is 4.98 Å². The van der Waals surface area contributed by atoms with Gasteiger partial charge in [0, 0.05) is 22.0 Å². The summed E-state index contributed by atoms with van der Waals surface area (Å²) < 4.78 is 24.1. The molecule has 0 aliphatic carbocycles. The molecule has 0 spiro atoms. The maximum absolute atomic E-state index is 13.8. The molecule has 0 radical (unpaired) electrons. The fraction of sp³-hybridized carbons (Fsp3) is 0.158. The van der Waals surface area contributed by atoms with Gasteiger partial charge < -0.3 is 14.5 Å². The summed E-state index contributed by atoms with van der Waals surface area (Å²) in [4.78, 5) is 26.8. The predicted molar refractivity (Wildman–Crippen MR) is 91.6 cm³/mol. The van der Waals surface area contributed by atoms with E-state index < -0.39 is 11.8 Å². The van der Waals surface area contributed by atoms with E-state index in [0.29, 0.717) is 39.6 Å². The number of esters is 1. The number of hydrogen-bond donors (Lipinski definition) is 1. The van der Waals surface area contributed by atoms with Crippen molar-refractivity contribution in [3.8, 4) is 16.9 Å². The van der Waals surface area contributed by atoms with Crippen LogP contribution in [-0.4, -0.2) is 31.0 Å². The largest absolute Gasteiger partial charge is 0.497 e. The van der Waals surface area contributed by atoms with Gasteiger partial charge >= 0.3 is 5.97 Å². The first kappa shape index (κ1) is 16.7. The third-order valence-corrected chi connectivity index (χ3v) is 3.90. The molecule has 0 unspecified atom stereocenters. The molecule has 0 amide bonds. The minimum absolute atomic E-state index is 0.166. The highest BCUT2D eigenvalue weighted by Crippen LogP contribution is 2.36. The van der Waals surface area contributed by atoms with Crippen LogP contribution in [0.1, 0.15) is 27.8 Å². The molecule has 1 heterocycles. The number of carbonyl (C=O) groups excluding carboxylic acids is 2. The number of H-pyrrole nitrogens is 1. The van der Waals surface area contributed by atoms with Gasteiger partial charge in [-0.1, -0.05) is 0 Å². The number of aldehydes is 1. The van der Waals surface area contributed by atoms with Crippen LogP contribution < -0.4 is 4.74 Å². The van der Waals surface area contributed by atoms with Gasteiger partial charge in [-0.3, -0.25) is 4.79 Å². The second kappa shape index (κ2) is 6.76. The number of fused-ring (bicyclic) bond motifs is 1. The van der Waals surface area contributed by atoms with Crippen LogP contribution in [0.2, 0.25) is 0 Å². The fourth-order valence-corrected chi connectivity index (χ4v) is 2.78. The summed E-state index contributed by atoms with van der Waals surface area (Å²) in [5.41, 5.74) is 1.97. The lowest BCUT2D eigenvalue weighted by molar-refractivity contribution is 0.0521. The number of aromatic amines is 1. The van der Waals surface area contributed by atoms with Crippen LogP contribution in [0.15, 0.2) is 36.4 Å². The lowest BCUT2D eigenvalue weighted by Gasteiger charge is -2.09. The summed E-state index contributed by atoms with van der Waals surface area (Å²) >= 11 is 0. The van der Waals surface area contributed by atoms with Gasteiger partial charge in [0.1, 0.15) is 17.3 Å². The van der Waals surface area contributed by atoms with Gasteiger partial charge in [0.05, 0.1) is 13.7 Å². The third kappa shape index (κ3) is 2.98. The van der Waals surface area contributed by atoms with E-state index in [-0.39, 0.29) is 12.3 Å². The van der Waals surface area contributed by atoms with E-state index in [1.807, 2.05) is 0 Å². The second-order valence-corrected chi connectivity index (χ2v) is 5.36. The molecule has 6 heteroatoms. The third-order valence-electron chi connectivity index (χ3n) is 3.90. The summed E-state index contributed by atoms with van der Waals surface area (Å²) in [7, 11) is 1.50. The monoisotopic (exact) mass is 341 g/mol. The van der Waals surface area contributed by atoms with Crippen LogP contribution >= 0.6 is 0 Å². The molecule has 0 aliphatic rings. The van der Waals surface area contributed by atoms with E-state index in [2.05, 4.69) is 4.98 Å². The molecule has 128 valence electrons. The van der Waals surface area contributed by atoms with Crippen LogP contribution in [-0.2, 0) is 4.74 Å². The maximum Gasteiger partial charge on any atom is 0.355 e. The molecule has 5 nitrogen and oxygen atoms in total. The first-order chi connectivity index (χ1) is 12.1. The van der Waals surface area contributed by atoms with Gasteiger partial charge in [-0.25, -0.2) is 9.18 Å². The standard InChI is InChI=1S/C19H16FNO4/c1-3-25-19(23)18-17(15-8-12(20)5-7-16(15)21-18)14-9-13(24-2)6-4-11(14)10-22/h4-10,21H,3H2,1-2H3. The number of halogens is 1. The Balaban J connectivity index is 2.37. The summed E-state index contributed by atoms with van der Waals surface area (Å²) in [6.45, 7) is 1.89. The summed E-state index contributed by atoms with van der Waals surface area (Å²) in [6, 6.07) is 9.03. The average Bonchev–Trinajstić information content (AvgIpc) is 2.99.